The molecule has 2 saturated heterocycles. The lowest BCUT2D eigenvalue weighted by molar-refractivity contribution is -0.143. The van der Waals surface area contributed by atoms with Gasteiger partial charge >= 0.3 is 0 Å². The lowest BCUT2D eigenvalue weighted by atomic mass is 10.0. The maximum atomic E-state index is 13.1. The first-order valence-corrected chi connectivity index (χ1v) is 8.01. The van der Waals surface area contributed by atoms with Gasteiger partial charge in [0.25, 0.3) is 0 Å². The molecule has 2 unspecified atom stereocenters. The minimum absolute atomic E-state index is 0.149. The van der Waals surface area contributed by atoms with Gasteiger partial charge in [-0.1, -0.05) is 6.07 Å². The SMILES string of the molecule is CC1CNCCN1C(C(=O)N1CCOCC1)c1ccccn1. The molecule has 120 valence electrons. The molecule has 2 aliphatic heterocycles. The molecule has 2 atom stereocenters. The molecule has 0 radical (unpaired) electrons. The number of hydrogen-bond donors (Lipinski definition) is 1. The highest BCUT2D eigenvalue weighted by molar-refractivity contribution is 5.83. The highest BCUT2D eigenvalue weighted by atomic mass is 16.5. The number of morpholine rings is 1. The molecule has 1 aromatic heterocycles. The summed E-state index contributed by atoms with van der Waals surface area (Å²) in [5, 5.41) is 3.38. The van der Waals surface area contributed by atoms with Crippen LogP contribution in [0, 0.1) is 0 Å². The number of ether oxygens (including phenoxy) is 1. The standard InChI is InChI=1S/C16H24N4O2/c1-13-12-17-6-7-20(13)15(14-4-2-3-5-18-14)16(21)19-8-10-22-11-9-19/h2-5,13,15,17H,6-12H2,1H3. The van der Waals surface area contributed by atoms with Crippen LogP contribution in [0.5, 0.6) is 0 Å². The monoisotopic (exact) mass is 304 g/mol. The second-order valence-electron chi connectivity index (χ2n) is 5.89. The smallest absolute Gasteiger partial charge is 0.246 e. The number of aromatic nitrogens is 1. The maximum Gasteiger partial charge on any atom is 0.246 e. The Morgan fingerprint density at radius 2 is 2.18 bits per heavy atom. The number of nitrogens with one attached hydrogen (secondary N) is 1. The van der Waals surface area contributed by atoms with E-state index in [0.29, 0.717) is 32.3 Å². The Labute approximate surface area is 131 Å². The molecular weight excluding hydrogens is 280 g/mol. The fraction of sp³-hybridized carbons (Fsp3) is 0.625. The van der Waals surface area contributed by atoms with E-state index in [9.17, 15) is 4.79 Å². The summed E-state index contributed by atoms with van der Waals surface area (Å²) in [4.78, 5) is 21.8. The first-order chi connectivity index (χ1) is 10.8. The number of piperazine rings is 1. The van der Waals surface area contributed by atoms with Crippen molar-refractivity contribution in [2.75, 3.05) is 45.9 Å². The lowest BCUT2D eigenvalue weighted by Crippen LogP contribution is -2.55. The predicted molar refractivity (Wildman–Crippen MR) is 83.4 cm³/mol. The fourth-order valence-corrected chi connectivity index (χ4v) is 3.17. The van der Waals surface area contributed by atoms with Gasteiger partial charge in [-0.15, -0.1) is 0 Å². The van der Waals surface area contributed by atoms with Crippen LogP contribution in [0.25, 0.3) is 0 Å². The van der Waals surface area contributed by atoms with E-state index in [-0.39, 0.29) is 11.9 Å². The first kappa shape index (κ1) is 15.4. The summed E-state index contributed by atoms with van der Waals surface area (Å²) in [7, 11) is 0. The van der Waals surface area contributed by atoms with Crippen molar-refractivity contribution in [1.82, 2.24) is 20.1 Å². The van der Waals surface area contributed by atoms with Crippen molar-refractivity contribution in [3.63, 3.8) is 0 Å². The zero-order valence-electron chi connectivity index (χ0n) is 13.1. The highest BCUT2D eigenvalue weighted by Gasteiger charge is 2.36. The van der Waals surface area contributed by atoms with Gasteiger partial charge in [0.2, 0.25) is 5.91 Å². The van der Waals surface area contributed by atoms with E-state index in [1.807, 2.05) is 23.1 Å². The maximum absolute atomic E-state index is 13.1. The first-order valence-electron chi connectivity index (χ1n) is 8.01. The summed E-state index contributed by atoms with van der Waals surface area (Å²) in [5.74, 6) is 0.149. The zero-order valence-corrected chi connectivity index (χ0v) is 13.1. The molecule has 6 nitrogen and oxygen atoms in total. The number of hydrogen-bond acceptors (Lipinski definition) is 5. The fourth-order valence-electron chi connectivity index (χ4n) is 3.17. The summed E-state index contributed by atoms with van der Waals surface area (Å²) in [6.45, 7) is 7.41. The van der Waals surface area contributed by atoms with Gasteiger partial charge < -0.3 is 15.0 Å². The largest absolute Gasteiger partial charge is 0.378 e. The topological polar surface area (TPSA) is 57.7 Å². The van der Waals surface area contributed by atoms with Crippen molar-refractivity contribution >= 4 is 5.91 Å². The molecule has 0 aromatic carbocycles. The third-order valence-electron chi connectivity index (χ3n) is 4.41. The third kappa shape index (κ3) is 3.29. The summed E-state index contributed by atoms with van der Waals surface area (Å²) < 4.78 is 5.37. The predicted octanol–water partition coefficient (Wildman–Crippen LogP) is 0.275. The normalized spacial score (nSPS) is 25.0. The van der Waals surface area contributed by atoms with Gasteiger partial charge in [0.1, 0.15) is 6.04 Å². The second-order valence-corrected chi connectivity index (χ2v) is 5.89. The molecular formula is C16H24N4O2. The van der Waals surface area contributed by atoms with Crippen molar-refractivity contribution in [1.29, 1.82) is 0 Å². The molecule has 0 bridgehead atoms. The van der Waals surface area contributed by atoms with E-state index < -0.39 is 0 Å². The van der Waals surface area contributed by atoms with Crippen LogP contribution in [0.4, 0.5) is 0 Å². The van der Waals surface area contributed by atoms with Gasteiger partial charge in [-0.25, -0.2) is 0 Å². The quantitative estimate of drug-likeness (QED) is 0.869. The Morgan fingerprint density at radius 3 is 2.86 bits per heavy atom. The molecule has 3 heterocycles. The van der Waals surface area contributed by atoms with Crippen LogP contribution in [0.1, 0.15) is 18.7 Å². The molecule has 3 rings (SSSR count). The number of carbonyl (C=O) groups excluding carboxylic acids is 1. The minimum atomic E-state index is -0.295. The van der Waals surface area contributed by atoms with Crippen molar-refractivity contribution in [2.24, 2.45) is 0 Å². The molecule has 1 N–H and O–H groups in total. The van der Waals surface area contributed by atoms with Crippen LogP contribution in [0.3, 0.4) is 0 Å². The van der Waals surface area contributed by atoms with E-state index >= 15 is 0 Å². The molecule has 6 heteroatoms. The van der Waals surface area contributed by atoms with Gasteiger partial charge in [0.05, 0.1) is 18.9 Å². The highest BCUT2D eigenvalue weighted by Crippen LogP contribution is 2.25. The molecule has 1 amide bonds. The second kappa shape index (κ2) is 7.17. The Balaban J connectivity index is 1.86. The van der Waals surface area contributed by atoms with Crippen LogP contribution in [-0.4, -0.2) is 72.7 Å². The van der Waals surface area contributed by atoms with Gasteiger partial charge in [0.15, 0.2) is 0 Å². The van der Waals surface area contributed by atoms with Gasteiger partial charge in [0, 0.05) is 45.0 Å². The number of carbonyl (C=O) groups is 1. The molecule has 0 aliphatic carbocycles. The van der Waals surface area contributed by atoms with Crippen molar-refractivity contribution in [2.45, 2.75) is 19.0 Å². The van der Waals surface area contributed by atoms with Crippen LogP contribution < -0.4 is 5.32 Å². The number of rotatable bonds is 3. The van der Waals surface area contributed by atoms with Crippen LogP contribution in [-0.2, 0) is 9.53 Å². The van der Waals surface area contributed by atoms with Crippen LogP contribution in [0.15, 0.2) is 24.4 Å². The number of amides is 1. The van der Waals surface area contributed by atoms with Gasteiger partial charge in [-0.05, 0) is 19.1 Å². The Hall–Kier alpha value is -1.50. The molecule has 0 spiro atoms. The Kier molecular flexibility index (Phi) is 5.02. The zero-order chi connectivity index (χ0) is 15.4. The third-order valence-corrected chi connectivity index (χ3v) is 4.41. The summed E-state index contributed by atoms with van der Waals surface area (Å²) in [5.41, 5.74) is 0.841. The van der Waals surface area contributed by atoms with E-state index in [4.69, 9.17) is 4.74 Å². The van der Waals surface area contributed by atoms with Crippen LogP contribution >= 0.6 is 0 Å². The van der Waals surface area contributed by atoms with Gasteiger partial charge in [-0.3, -0.25) is 14.7 Å². The number of pyridine rings is 1. The van der Waals surface area contributed by atoms with E-state index in [0.717, 1.165) is 25.3 Å². The average molecular weight is 304 g/mol. The minimum Gasteiger partial charge on any atom is -0.378 e. The van der Waals surface area contributed by atoms with Crippen molar-refractivity contribution in [3.8, 4) is 0 Å². The molecule has 22 heavy (non-hydrogen) atoms. The Bertz CT molecular complexity index is 490. The van der Waals surface area contributed by atoms with E-state index in [1.54, 1.807) is 6.20 Å². The summed E-state index contributed by atoms with van der Waals surface area (Å²) in [6, 6.07) is 5.82. The molecule has 0 saturated carbocycles. The van der Waals surface area contributed by atoms with Crippen molar-refractivity contribution in [3.05, 3.63) is 30.1 Å². The lowest BCUT2D eigenvalue weighted by Gasteiger charge is -2.41. The van der Waals surface area contributed by atoms with E-state index in [1.165, 1.54) is 0 Å². The summed E-state index contributed by atoms with van der Waals surface area (Å²) >= 11 is 0. The molecule has 1 aromatic rings. The Morgan fingerprint density at radius 1 is 1.36 bits per heavy atom. The van der Waals surface area contributed by atoms with Crippen molar-refractivity contribution < 1.29 is 9.53 Å². The van der Waals surface area contributed by atoms with E-state index in [2.05, 4.69) is 22.1 Å². The summed E-state index contributed by atoms with van der Waals surface area (Å²) in [6.07, 6.45) is 1.77. The average Bonchev–Trinajstić information content (AvgIpc) is 2.58. The molecule has 2 fully saturated rings. The van der Waals surface area contributed by atoms with Gasteiger partial charge in [-0.2, -0.15) is 0 Å². The van der Waals surface area contributed by atoms with Crippen LogP contribution in [0.2, 0.25) is 0 Å². The number of nitrogens with zero attached hydrogens (tertiary/aromatic N) is 3. The molecule has 2 aliphatic rings.